The van der Waals surface area contributed by atoms with E-state index in [1.807, 2.05) is 4.31 Å². The van der Waals surface area contributed by atoms with Crippen LogP contribution < -0.4 is 0 Å². The number of likely N-dealkylation sites (tertiary alicyclic amines) is 1. The summed E-state index contributed by atoms with van der Waals surface area (Å²) in [5.41, 5.74) is -0.127. The normalized spacial score (nSPS) is 35.3. The number of aromatic nitrogens is 1. The van der Waals surface area contributed by atoms with Gasteiger partial charge >= 0.3 is 6.18 Å². The molecule has 5 nitrogen and oxygen atoms in total. The van der Waals surface area contributed by atoms with E-state index in [0.717, 1.165) is 58.2 Å². The highest BCUT2D eigenvalue weighted by Crippen LogP contribution is 2.58. The molecule has 1 aliphatic carbocycles. The zero-order valence-corrected chi connectivity index (χ0v) is 16.8. The Morgan fingerprint density at radius 2 is 1.89 bits per heavy atom. The maximum absolute atomic E-state index is 12.8. The maximum Gasteiger partial charge on any atom is 0.433 e. The van der Waals surface area contributed by atoms with E-state index in [-0.39, 0.29) is 16.7 Å². The number of pyridine rings is 1. The molecule has 28 heavy (non-hydrogen) atoms. The fourth-order valence-corrected chi connectivity index (χ4v) is 7.30. The van der Waals surface area contributed by atoms with E-state index in [9.17, 15) is 17.4 Å². The largest absolute Gasteiger partial charge is 0.433 e. The third kappa shape index (κ3) is 2.93. The van der Waals surface area contributed by atoms with E-state index < -0.39 is 22.9 Å². The Hall–Kier alpha value is -1.03. The first-order valence-corrected chi connectivity index (χ1v) is 10.7. The summed E-state index contributed by atoms with van der Waals surface area (Å²) < 4.78 is 58.8. The first-order valence-electron chi connectivity index (χ1n) is 9.59. The molecule has 154 valence electrons. The SMILES string of the molecule is Cc1nc(C(F)(F)F)ccc1S(=O)N1CC2(CN(CC34COC(C)(C3)C4)C2)C1. The highest BCUT2D eigenvalue weighted by atomic mass is 32.2. The van der Waals surface area contributed by atoms with E-state index in [1.165, 1.54) is 13.0 Å². The average Bonchev–Trinajstić information content (AvgIpc) is 2.99. The molecule has 2 bridgehead atoms. The molecule has 0 aromatic carbocycles. The fourth-order valence-electron chi connectivity index (χ4n) is 5.76. The molecule has 0 amide bonds. The van der Waals surface area contributed by atoms with Crippen molar-refractivity contribution in [3.05, 3.63) is 23.5 Å². The molecular formula is C19H24F3N3O2S. The molecule has 1 aromatic rings. The summed E-state index contributed by atoms with van der Waals surface area (Å²) in [5, 5.41) is 0. The standard InChI is InChI=1S/C19H24F3N3O2S/c1-13-14(3-4-15(23-13)19(20,21)22)28(26)25-10-18(11-25)8-24(9-18)7-17-5-16(2,6-17)27-12-17/h3-4H,5-12H2,1-2H3. The highest BCUT2D eigenvalue weighted by molar-refractivity contribution is 7.82. The van der Waals surface area contributed by atoms with Crippen molar-refractivity contribution in [3.63, 3.8) is 0 Å². The van der Waals surface area contributed by atoms with Crippen LogP contribution in [0.3, 0.4) is 0 Å². The van der Waals surface area contributed by atoms with Crippen molar-refractivity contribution in [3.8, 4) is 0 Å². The number of hydrogen-bond donors (Lipinski definition) is 0. The fraction of sp³-hybridized carbons (Fsp3) is 0.737. The lowest BCUT2D eigenvalue weighted by Gasteiger charge is -2.61. The first kappa shape index (κ1) is 19.0. The molecule has 1 atom stereocenters. The monoisotopic (exact) mass is 415 g/mol. The van der Waals surface area contributed by atoms with Crippen LogP contribution in [0.5, 0.6) is 0 Å². The van der Waals surface area contributed by atoms with Crippen LogP contribution in [0.1, 0.15) is 31.2 Å². The minimum Gasteiger partial charge on any atom is -0.375 e. The second-order valence-electron chi connectivity index (χ2n) is 9.56. The van der Waals surface area contributed by atoms with Gasteiger partial charge in [-0.1, -0.05) is 0 Å². The Morgan fingerprint density at radius 1 is 1.21 bits per heavy atom. The van der Waals surface area contributed by atoms with Gasteiger partial charge in [0.25, 0.3) is 0 Å². The van der Waals surface area contributed by atoms with Crippen molar-refractivity contribution in [2.24, 2.45) is 10.8 Å². The van der Waals surface area contributed by atoms with Crippen LogP contribution in [0, 0.1) is 17.8 Å². The molecule has 5 aliphatic rings. The molecular weight excluding hydrogens is 391 g/mol. The van der Waals surface area contributed by atoms with Gasteiger partial charge in [0.15, 0.2) is 0 Å². The molecule has 5 heterocycles. The maximum atomic E-state index is 12.8. The van der Waals surface area contributed by atoms with Gasteiger partial charge in [-0.25, -0.2) is 13.5 Å². The molecule has 0 radical (unpaired) electrons. The second-order valence-corrected chi connectivity index (χ2v) is 11.0. The van der Waals surface area contributed by atoms with E-state index >= 15 is 0 Å². The van der Waals surface area contributed by atoms with Crippen molar-refractivity contribution >= 4 is 11.0 Å². The summed E-state index contributed by atoms with van der Waals surface area (Å²) in [6.45, 7) is 9.06. The van der Waals surface area contributed by atoms with Crippen molar-refractivity contribution < 1.29 is 22.1 Å². The molecule has 5 fully saturated rings. The second kappa shape index (κ2) is 5.77. The third-order valence-electron chi connectivity index (χ3n) is 6.68. The van der Waals surface area contributed by atoms with Gasteiger partial charge in [0.2, 0.25) is 0 Å². The third-order valence-corrected chi connectivity index (χ3v) is 8.21. The highest BCUT2D eigenvalue weighted by Gasteiger charge is 2.62. The van der Waals surface area contributed by atoms with Crippen LogP contribution in [0.15, 0.2) is 17.0 Å². The lowest BCUT2D eigenvalue weighted by molar-refractivity contribution is -0.141. The zero-order chi connectivity index (χ0) is 19.9. The molecule has 1 spiro atoms. The lowest BCUT2D eigenvalue weighted by Crippen LogP contribution is -2.73. The molecule has 1 saturated carbocycles. The number of halogens is 3. The number of aryl methyl sites for hydroxylation is 1. The van der Waals surface area contributed by atoms with Crippen LogP contribution in [-0.2, 0) is 21.9 Å². The van der Waals surface area contributed by atoms with Crippen LogP contribution in [0.25, 0.3) is 0 Å². The summed E-state index contributed by atoms with van der Waals surface area (Å²) in [6.07, 6.45) is -2.18. The van der Waals surface area contributed by atoms with Gasteiger partial charge in [-0.2, -0.15) is 13.2 Å². The molecule has 0 N–H and O–H groups in total. The van der Waals surface area contributed by atoms with Gasteiger partial charge in [-0.05, 0) is 38.8 Å². The van der Waals surface area contributed by atoms with Gasteiger partial charge in [0.05, 0.1) is 22.8 Å². The summed E-state index contributed by atoms with van der Waals surface area (Å²) in [7, 11) is -1.46. The molecule has 1 aromatic heterocycles. The average molecular weight is 415 g/mol. The van der Waals surface area contributed by atoms with Crippen LogP contribution in [0.2, 0.25) is 0 Å². The summed E-state index contributed by atoms with van der Waals surface area (Å²) in [5.74, 6) is 0. The Labute approximate surface area is 164 Å². The number of alkyl halides is 3. The number of hydrogen-bond acceptors (Lipinski definition) is 4. The van der Waals surface area contributed by atoms with Gasteiger partial charge in [-0.3, -0.25) is 0 Å². The Balaban J connectivity index is 1.15. The van der Waals surface area contributed by atoms with Crippen molar-refractivity contribution in [2.45, 2.75) is 43.4 Å². The molecule has 4 saturated heterocycles. The molecule has 9 heteroatoms. The summed E-state index contributed by atoms with van der Waals surface area (Å²) in [6, 6.07) is 2.21. The van der Waals surface area contributed by atoms with E-state index in [0.29, 0.717) is 10.3 Å². The molecule has 4 aliphatic heterocycles. The summed E-state index contributed by atoms with van der Waals surface area (Å²) in [4.78, 5) is 6.44. The van der Waals surface area contributed by atoms with Gasteiger partial charge in [-0.15, -0.1) is 0 Å². The number of fused-ring (bicyclic) bond motifs is 1. The van der Waals surface area contributed by atoms with E-state index in [1.54, 1.807) is 0 Å². The van der Waals surface area contributed by atoms with Crippen LogP contribution >= 0.6 is 0 Å². The Morgan fingerprint density at radius 3 is 2.43 bits per heavy atom. The number of rotatable bonds is 4. The smallest absolute Gasteiger partial charge is 0.375 e. The van der Waals surface area contributed by atoms with Crippen molar-refractivity contribution in [1.82, 2.24) is 14.2 Å². The molecule has 1 unspecified atom stereocenters. The molecule has 6 rings (SSSR count). The first-order chi connectivity index (χ1) is 13.0. The van der Waals surface area contributed by atoms with Gasteiger partial charge in [0.1, 0.15) is 16.7 Å². The van der Waals surface area contributed by atoms with Crippen LogP contribution in [0.4, 0.5) is 13.2 Å². The predicted octanol–water partition coefficient (Wildman–Crippen LogP) is 2.62. The summed E-state index contributed by atoms with van der Waals surface area (Å²) >= 11 is 0. The minimum atomic E-state index is -4.48. The van der Waals surface area contributed by atoms with Crippen molar-refractivity contribution in [2.75, 3.05) is 39.3 Å². The quantitative estimate of drug-likeness (QED) is 0.759. The Bertz CT molecular complexity index is 839. The number of ether oxygens (including phenoxy) is 1. The zero-order valence-electron chi connectivity index (χ0n) is 16.0. The minimum absolute atomic E-state index is 0.111. The van der Waals surface area contributed by atoms with E-state index in [4.69, 9.17) is 4.74 Å². The number of nitrogens with zero attached hydrogens (tertiary/aromatic N) is 3. The topological polar surface area (TPSA) is 45.7 Å². The van der Waals surface area contributed by atoms with Gasteiger partial charge in [0, 0.05) is 43.6 Å². The Kier molecular flexibility index (Phi) is 3.91. The van der Waals surface area contributed by atoms with Gasteiger partial charge < -0.3 is 9.64 Å². The van der Waals surface area contributed by atoms with Crippen molar-refractivity contribution in [1.29, 1.82) is 0 Å². The van der Waals surface area contributed by atoms with E-state index in [2.05, 4.69) is 16.8 Å². The lowest BCUT2D eigenvalue weighted by atomic mass is 9.62. The predicted molar refractivity (Wildman–Crippen MR) is 96.9 cm³/mol. The van der Waals surface area contributed by atoms with Crippen LogP contribution in [-0.4, -0.2) is 63.3 Å².